The number of hydrogen-bond acceptors (Lipinski definition) is 2. The van der Waals surface area contributed by atoms with Crippen molar-refractivity contribution in [2.24, 2.45) is 10.8 Å². The highest BCUT2D eigenvalue weighted by molar-refractivity contribution is 5.76. The Balaban J connectivity index is 4.37. The smallest absolute Gasteiger partial charge is 0.311 e. The lowest BCUT2D eigenvalue weighted by molar-refractivity contribution is -0.164. The molecule has 90 valence electrons. The van der Waals surface area contributed by atoms with Gasteiger partial charge in [0.05, 0.1) is 5.41 Å². The Hall–Kier alpha value is -0.530. The number of rotatable bonds is 4. The minimum Gasteiger partial charge on any atom is -0.462 e. The van der Waals surface area contributed by atoms with E-state index in [1.165, 1.54) is 0 Å². The summed E-state index contributed by atoms with van der Waals surface area (Å²) in [4.78, 5) is 11.9. The number of carbonyl (C=O) groups is 1. The summed E-state index contributed by atoms with van der Waals surface area (Å²) in [7, 11) is 0. The zero-order valence-electron chi connectivity index (χ0n) is 11.3. The minimum absolute atomic E-state index is 0.0119. The summed E-state index contributed by atoms with van der Waals surface area (Å²) in [5.74, 6) is -0.0771. The molecule has 0 spiro atoms. The number of ether oxygens (including phenoxy) is 1. The SMILES string of the molecule is CCCC(C)(C)C(=O)OC(C)C(C)(C)C. The molecule has 0 bridgehead atoms. The van der Waals surface area contributed by atoms with E-state index in [0.29, 0.717) is 0 Å². The van der Waals surface area contributed by atoms with Crippen LogP contribution in [-0.2, 0) is 9.53 Å². The number of esters is 1. The van der Waals surface area contributed by atoms with Crippen molar-refractivity contribution in [1.29, 1.82) is 0 Å². The van der Waals surface area contributed by atoms with Crippen LogP contribution in [0.1, 0.15) is 61.3 Å². The first-order chi connectivity index (χ1) is 6.61. The van der Waals surface area contributed by atoms with E-state index in [4.69, 9.17) is 4.74 Å². The fraction of sp³-hybridized carbons (Fsp3) is 0.923. The van der Waals surface area contributed by atoms with Crippen LogP contribution in [0.5, 0.6) is 0 Å². The second kappa shape index (κ2) is 5.00. The fourth-order valence-electron chi connectivity index (χ4n) is 1.22. The summed E-state index contributed by atoms with van der Waals surface area (Å²) < 4.78 is 5.49. The van der Waals surface area contributed by atoms with Crippen molar-refractivity contribution in [2.45, 2.75) is 67.4 Å². The minimum atomic E-state index is -0.353. The van der Waals surface area contributed by atoms with Gasteiger partial charge in [-0.2, -0.15) is 0 Å². The normalized spacial score (nSPS) is 14.9. The summed E-state index contributed by atoms with van der Waals surface area (Å²) in [6, 6.07) is 0. The lowest BCUT2D eigenvalue weighted by atomic mass is 9.87. The highest BCUT2D eigenvalue weighted by atomic mass is 16.5. The molecule has 0 radical (unpaired) electrons. The van der Waals surface area contributed by atoms with Gasteiger partial charge in [0.1, 0.15) is 6.10 Å². The molecule has 0 heterocycles. The van der Waals surface area contributed by atoms with E-state index in [2.05, 4.69) is 27.7 Å². The van der Waals surface area contributed by atoms with Crippen LogP contribution in [0.15, 0.2) is 0 Å². The zero-order valence-corrected chi connectivity index (χ0v) is 11.3. The first-order valence-corrected chi connectivity index (χ1v) is 5.82. The van der Waals surface area contributed by atoms with Gasteiger partial charge in [0.2, 0.25) is 0 Å². The Labute approximate surface area is 94.4 Å². The second-order valence-corrected chi connectivity index (χ2v) is 6.05. The molecule has 0 aliphatic heterocycles. The molecule has 0 saturated heterocycles. The van der Waals surface area contributed by atoms with E-state index in [1.54, 1.807) is 0 Å². The summed E-state index contributed by atoms with van der Waals surface area (Å²) in [6.07, 6.45) is 1.84. The van der Waals surface area contributed by atoms with Gasteiger partial charge in [-0.25, -0.2) is 0 Å². The van der Waals surface area contributed by atoms with E-state index in [0.717, 1.165) is 12.8 Å². The van der Waals surface area contributed by atoms with Gasteiger partial charge >= 0.3 is 5.97 Å². The molecule has 0 aliphatic rings. The van der Waals surface area contributed by atoms with Crippen molar-refractivity contribution in [3.63, 3.8) is 0 Å². The molecular formula is C13H26O2. The largest absolute Gasteiger partial charge is 0.462 e. The van der Waals surface area contributed by atoms with E-state index < -0.39 is 0 Å². The van der Waals surface area contributed by atoms with Crippen molar-refractivity contribution in [3.05, 3.63) is 0 Å². The van der Waals surface area contributed by atoms with Crippen LogP contribution in [-0.4, -0.2) is 12.1 Å². The highest BCUT2D eigenvalue weighted by Gasteiger charge is 2.32. The molecule has 0 fully saturated rings. The van der Waals surface area contributed by atoms with Gasteiger partial charge in [-0.1, -0.05) is 34.1 Å². The van der Waals surface area contributed by atoms with E-state index in [-0.39, 0.29) is 22.9 Å². The molecule has 15 heavy (non-hydrogen) atoms. The van der Waals surface area contributed by atoms with Crippen LogP contribution in [0.3, 0.4) is 0 Å². The van der Waals surface area contributed by atoms with Crippen molar-refractivity contribution in [2.75, 3.05) is 0 Å². The van der Waals surface area contributed by atoms with Crippen molar-refractivity contribution >= 4 is 5.97 Å². The molecule has 0 aromatic heterocycles. The fourth-order valence-corrected chi connectivity index (χ4v) is 1.22. The van der Waals surface area contributed by atoms with Crippen molar-refractivity contribution < 1.29 is 9.53 Å². The van der Waals surface area contributed by atoms with E-state index in [1.807, 2.05) is 20.8 Å². The predicted octanol–water partition coefficient (Wildman–Crippen LogP) is 3.79. The van der Waals surface area contributed by atoms with Crippen LogP contribution in [0.2, 0.25) is 0 Å². The van der Waals surface area contributed by atoms with Crippen LogP contribution in [0, 0.1) is 10.8 Å². The quantitative estimate of drug-likeness (QED) is 0.665. The number of hydrogen-bond donors (Lipinski definition) is 0. The monoisotopic (exact) mass is 214 g/mol. The Bertz CT molecular complexity index is 211. The van der Waals surface area contributed by atoms with Gasteiger partial charge in [-0.3, -0.25) is 4.79 Å². The molecule has 2 nitrogen and oxygen atoms in total. The average molecular weight is 214 g/mol. The molecule has 1 unspecified atom stereocenters. The van der Waals surface area contributed by atoms with Gasteiger partial charge in [0, 0.05) is 0 Å². The molecule has 0 N–H and O–H groups in total. The molecule has 0 aliphatic carbocycles. The molecule has 0 aromatic rings. The highest BCUT2D eigenvalue weighted by Crippen LogP contribution is 2.28. The Kier molecular flexibility index (Phi) is 4.82. The van der Waals surface area contributed by atoms with Crippen molar-refractivity contribution in [3.8, 4) is 0 Å². The zero-order chi connectivity index (χ0) is 12.3. The maximum absolute atomic E-state index is 11.9. The molecule has 2 heteroatoms. The molecule has 0 saturated carbocycles. The first-order valence-electron chi connectivity index (χ1n) is 5.82. The van der Waals surface area contributed by atoms with Gasteiger partial charge in [0.25, 0.3) is 0 Å². The lowest BCUT2D eigenvalue weighted by Gasteiger charge is -2.31. The molecule has 0 amide bonds. The van der Waals surface area contributed by atoms with Gasteiger partial charge in [-0.15, -0.1) is 0 Å². The second-order valence-electron chi connectivity index (χ2n) is 6.05. The Morgan fingerprint density at radius 3 is 2.00 bits per heavy atom. The summed E-state index contributed by atoms with van der Waals surface area (Å²) >= 11 is 0. The van der Waals surface area contributed by atoms with Gasteiger partial charge in [0.15, 0.2) is 0 Å². The average Bonchev–Trinajstić information content (AvgIpc) is 2.01. The summed E-state index contributed by atoms with van der Waals surface area (Å²) in [6.45, 7) is 14.2. The van der Waals surface area contributed by atoms with Gasteiger partial charge in [-0.05, 0) is 32.6 Å². The molecule has 0 rings (SSSR count). The van der Waals surface area contributed by atoms with Crippen molar-refractivity contribution in [1.82, 2.24) is 0 Å². The maximum Gasteiger partial charge on any atom is 0.311 e. The first kappa shape index (κ1) is 14.5. The molecule has 1 atom stereocenters. The number of carbonyl (C=O) groups excluding carboxylic acids is 1. The van der Waals surface area contributed by atoms with Crippen LogP contribution in [0.4, 0.5) is 0 Å². The molecule has 0 aromatic carbocycles. The molecular weight excluding hydrogens is 188 g/mol. The topological polar surface area (TPSA) is 26.3 Å². The van der Waals surface area contributed by atoms with E-state index in [9.17, 15) is 4.79 Å². The summed E-state index contributed by atoms with van der Waals surface area (Å²) in [5, 5.41) is 0. The maximum atomic E-state index is 11.9. The van der Waals surface area contributed by atoms with Gasteiger partial charge < -0.3 is 4.74 Å². The predicted molar refractivity (Wildman–Crippen MR) is 63.7 cm³/mol. The van der Waals surface area contributed by atoms with Crippen LogP contribution in [0.25, 0.3) is 0 Å². The lowest BCUT2D eigenvalue weighted by Crippen LogP contribution is -2.35. The third-order valence-corrected chi connectivity index (χ3v) is 2.93. The van der Waals surface area contributed by atoms with E-state index >= 15 is 0 Å². The third kappa shape index (κ3) is 4.67. The van der Waals surface area contributed by atoms with Crippen LogP contribution >= 0.6 is 0 Å². The van der Waals surface area contributed by atoms with Crippen LogP contribution < -0.4 is 0 Å². The Morgan fingerprint density at radius 2 is 1.67 bits per heavy atom. The Morgan fingerprint density at radius 1 is 1.20 bits per heavy atom. The standard InChI is InChI=1S/C13H26O2/c1-8-9-13(6,7)11(14)15-10(2)12(3,4)5/h10H,8-9H2,1-7H3. The third-order valence-electron chi connectivity index (χ3n) is 2.93. The summed E-state index contributed by atoms with van der Waals surface area (Å²) in [5.41, 5.74) is -0.341.